The average molecular weight is 298 g/mol. The molecule has 1 aromatic rings. The number of rotatable bonds is 2. The minimum atomic E-state index is -4.62. The lowest BCUT2D eigenvalue weighted by molar-refractivity contribution is -0.137. The second-order valence-electron chi connectivity index (χ2n) is 5.34. The molecule has 112 valence electrons. The summed E-state index contributed by atoms with van der Waals surface area (Å²) in [6.07, 6.45) is -2.69. The lowest BCUT2D eigenvalue weighted by Crippen LogP contribution is -2.56. The van der Waals surface area contributed by atoms with Crippen molar-refractivity contribution in [3.05, 3.63) is 29.8 Å². The Bertz CT molecular complexity index is 578. The molecular weight excluding hydrogens is 285 g/mol. The highest BCUT2D eigenvalue weighted by Gasteiger charge is 2.43. The zero-order valence-corrected chi connectivity index (χ0v) is 11.0. The van der Waals surface area contributed by atoms with E-state index in [1.165, 1.54) is 12.1 Å². The van der Waals surface area contributed by atoms with Crippen molar-refractivity contribution < 1.29 is 22.8 Å². The molecule has 3 amide bonds. The van der Waals surface area contributed by atoms with Crippen LogP contribution in [0.15, 0.2) is 24.3 Å². The largest absolute Gasteiger partial charge is 0.418 e. The molecule has 7 heteroatoms. The molecule has 1 unspecified atom stereocenters. The molecular formula is C14H13F3N2O2. The van der Waals surface area contributed by atoms with E-state index in [-0.39, 0.29) is 18.4 Å². The number of alkyl halides is 3. The topological polar surface area (TPSA) is 49.4 Å². The van der Waals surface area contributed by atoms with Crippen LogP contribution in [0, 0.1) is 5.92 Å². The summed E-state index contributed by atoms with van der Waals surface area (Å²) in [7, 11) is 0. The molecule has 1 atom stereocenters. The highest BCUT2D eigenvalue weighted by Crippen LogP contribution is 2.39. The van der Waals surface area contributed by atoms with Crippen LogP contribution in [-0.4, -0.2) is 18.0 Å². The number of urea groups is 1. The predicted octanol–water partition coefficient (Wildman–Crippen LogP) is 2.93. The molecule has 4 nitrogen and oxygen atoms in total. The standard InChI is InChI=1S/C14H13F3N2O2/c15-14(16,17)9-3-1-2-4-11(9)19-12(20)7-10(8-5-6-8)18-13(19)21/h1-4,8,10H,5-7H2,(H,18,21). The van der Waals surface area contributed by atoms with Gasteiger partial charge in [-0.3, -0.25) is 4.79 Å². The first kappa shape index (κ1) is 13.9. The molecule has 0 spiro atoms. The van der Waals surface area contributed by atoms with Gasteiger partial charge in [0.1, 0.15) is 0 Å². The average Bonchev–Trinajstić information content (AvgIpc) is 3.21. The molecule has 2 fully saturated rings. The van der Waals surface area contributed by atoms with Crippen LogP contribution < -0.4 is 10.2 Å². The summed E-state index contributed by atoms with van der Waals surface area (Å²) < 4.78 is 39.0. The molecule has 0 radical (unpaired) electrons. The maximum Gasteiger partial charge on any atom is 0.418 e. The van der Waals surface area contributed by atoms with Crippen molar-refractivity contribution in [2.75, 3.05) is 4.90 Å². The molecule has 1 heterocycles. The quantitative estimate of drug-likeness (QED) is 0.912. The molecule has 1 aliphatic carbocycles. The number of amides is 3. The van der Waals surface area contributed by atoms with Crippen molar-refractivity contribution in [1.82, 2.24) is 5.32 Å². The number of carbonyl (C=O) groups is 2. The van der Waals surface area contributed by atoms with Crippen LogP contribution in [0.2, 0.25) is 0 Å². The fourth-order valence-corrected chi connectivity index (χ4v) is 2.60. The lowest BCUT2D eigenvalue weighted by Gasteiger charge is -2.32. The van der Waals surface area contributed by atoms with E-state index < -0.39 is 29.4 Å². The summed E-state index contributed by atoms with van der Waals surface area (Å²) in [5.74, 6) is -0.315. The predicted molar refractivity (Wildman–Crippen MR) is 68.6 cm³/mol. The van der Waals surface area contributed by atoms with Crippen LogP contribution in [0.4, 0.5) is 23.7 Å². The Kier molecular flexibility index (Phi) is 3.15. The van der Waals surface area contributed by atoms with Crippen LogP contribution in [0.25, 0.3) is 0 Å². The molecule has 1 aromatic carbocycles. The molecule has 0 bridgehead atoms. The van der Waals surface area contributed by atoms with Gasteiger partial charge in [0, 0.05) is 12.5 Å². The summed E-state index contributed by atoms with van der Waals surface area (Å²) >= 11 is 0. The number of imide groups is 1. The van der Waals surface area contributed by atoms with Crippen molar-refractivity contribution >= 4 is 17.6 Å². The Morgan fingerprint density at radius 2 is 1.81 bits per heavy atom. The van der Waals surface area contributed by atoms with E-state index in [1.54, 1.807) is 0 Å². The van der Waals surface area contributed by atoms with Crippen LogP contribution in [0.3, 0.4) is 0 Å². The monoisotopic (exact) mass is 298 g/mol. The lowest BCUT2D eigenvalue weighted by atomic mass is 10.0. The van der Waals surface area contributed by atoms with Crippen LogP contribution in [0.5, 0.6) is 0 Å². The van der Waals surface area contributed by atoms with Gasteiger partial charge in [0.2, 0.25) is 5.91 Å². The SMILES string of the molecule is O=C1CC(C2CC2)NC(=O)N1c1ccccc1C(F)(F)F. The molecule has 3 rings (SSSR count). The molecule has 2 aliphatic rings. The third-order valence-electron chi connectivity index (χ3n) is 3.80. The Morgan fingerprint density at radius 3 is 2.38 bits per heavy atom. The number of para-hydroxylation sites is 1. The van der Waals surface area contributed by atoms with E-state index >= 15 is 0 Å². The van der Waals surface area contributed by atoms with E-state index in [9.17, 15) is 22.8 Å². The number of anilines is 1. The highest BCUT2D eigenvalue weighted by molar-refractivity contribution is 6.16. The fraction of sp³-hybridized carbons (Fsp3) is 0.429. The molecule has 21 heavy (non-hydrogen) atoms. The second kappa shape index (κ2) is 4.75. The third-order valence-corrected chi connectivity index (χ3v) is 3.80. The number of hydrogen-bond acceptors (Lipinski definition) is 2. The molecule has 1 saturated heterocycles. The van der Waals surface area contributed by atoms with Crippen LogP contribution in [-0.2, 0) is 11.0 Å². The number of nitrogens with one attached hydrogen (secondary N) is 1. The van der Waals surface area contributed by atoms with Gasteiger partial charge in [0.25, 0.3) is 0 Å². The molecule has 1 N–H and O–H groups in total. The Labute approximate surface area is 118 Å². The van der Waals surface area contributed by atoms with Crippen molar-refractivity contribution in [2.24, 2.45) is 5.92 Å². The summed E-state index contributed by atoms with van der Waals surface area (Å²) in [4.78, 5) is 24.8. The van der Waals surface area contributed by atoms with Gasteiger partial charge < -0.3 is 5.32 Å². The number of hydrogen-bond donors (Lipinski definition) is 1. The van der Waals surface area contributed by atoms with Gasteiger partial charge in [0.05, 0.1) is 11.3 Å². The Hall–Kier alpha value is -2.05. The van der Waals surface area contributed by atoms with E-state index in [0.717, 1.165) is 25.0 Å². The normalized spacial score (nSPS) is 23.2. The van der Waals surface area contributed by atoms with Gasteiger partial charge in [0.15, 0.2) is 0 Å². The third kappa shape index (κ3) is 2.59. The van der Waals surface area contributed by atoms with Gasteiger partial charge in [-0.2, -0.15) is 13.2 Å². The number of halogens is 3. The summed E-state index contributed by atoms with van der Waals surface area (Å²) in [6, 6.07) is 3.57. The first-order valence-electron chi connectivity index (χ1n) is 6.67. The van der Waals surface area contributed by atoms with E-state index in [4.69, 9.17) is 0 Å². The summed E-state index contributed by atoms with van der Waals surface area (Å²) in [5.41, 5.74) is -1.40. The number of benzene rings is 1. The number of carbonyl (C=O) groups excluding carboxylic acids is 2. The Balaban J connectivity index is 1.93. The molecule has 0 aromatic heterocycles. The van der Waals surface area contributed by atoms with E-state index in [1.807, 2.05) is 0 Å². The molecule has 1 aliphatic heterocycles. The zero-order valence-electron chi connectivity index (χ0n) is 11.0. The van der Waals surface area contributed by atoms with Crippen molar-refractivity contribution in [3.63, 3.8) is 0 Å². The zero-order chi connectivity index (χ0) is 15.2. The smallest absolute Gasteiger partial charge is 0.334 e. The summed E-state index contributed by atoms with van der Waals surface area (Å²) in [6.45, 7) is 0. The maximum absolute atomic E-state index is 13.0. The number of nitrogens with zero attached hydrogens (tertiary/aromatic N) is 1. The van der Waals surface area contributed by atoms with Crippen LogP contribution >= 0.6 is 0 Å². The van der Waals surface area contributed by atoms with Gasteiger partial charge in [-0.25, -0.2) is 9.69 Å². The Morgan fingerprint density at radius 1 is 1.14 bits per heavy atom. The van der Waals surface area contributed by atoms with Crippen molar-refractivity contribution in [3.8, 4) is 0 Å². The van der Waals surface area contributed by atoms with Gasteiger partial charge in [-0.05, 0) is 30.9 Å². The van der Waals surface area contributed by atoms with Gasteiger partial charge >= 0.3 is 12.2 Å². The van der Waals surface area contributed by atoms with E-state index in [0.29, 0.717) is 4.90 Å². The second-order valence-corrected chi connectivity index (χ2v) is 5.34. The van der Waals surface area contributed by atoms with Crippen molar-refractivity contribution in [1.29, 1.82) is 0 Å². The molecule has 1 saturated carbocycles. The van der Waals surface area contributed by atoms with Crippen LogP contribution in [0.1, 0.15) is 24.8 Å². The summed E-state index contributed by atoms with van der Waals surface area (Å²) in [5, 5.41) is 2.63. The first-order valence-corrected chi connectivity index (χ1v) is 6.67. The first-order chi connectivity index (χ1) is 9.88. The van der Waals surface area contributed by atoms with E-state index in [2.05, 4.69) is 5.32 Å². The van der Waals surface area contributed by atoms with Gasteiger partial charge in [-0.1, -0.05) is 12.1 Å². The minimum absolute atomic E-state index is 0.0442. The fourth-order valence-electron chi connectivity index (χ4n) is 2.60. The van der Waals surface area contributed by atoms with Crippen molar-refractivity contribution in [2.45, 2.75) is 31.5 Å². The minimum Gasteiger partial charge on any atom is -0.334 e. The van der Waals surface area contributed by atoms with Gasteiger partial charge in [-0.15, -0.1) is 0 Å². The maximum atomic E-state index is 13.0. The highest BCUT2D eigenvalue weighted by atomic mass is 19.4.